The standard InChI is InChI=1S/C22H31N3O3/c1-8-25(13-17-9-11-18(12-10-17)24(5)6)16(4)21(26)20-14(2)19(15(3)23-20)22(27)28-7/h9-12,16,23H,8,13H2,1-7H3/p+1/t16-/m1/s1. The lowest BCUT2D eigenvalue weighted by Gasteiger charge is -2.24. The number of ether oxygens (including phenoxy) is 1. The van der Waals surface area contributed by atoms with Crippen molar-refractivity contribution in [3.8, 4) is 0 Å². The summed E-state index contributed by atoms with van der Waals surface area (Å²) in [4.78, 5) is 31.5. The van der Waals surface area contributed by atoms with Crippen molar-refractivity contribution in [2.75, 3.05) is 32.6 Å². The number of nitrogens with zero attached hydrogens (tertiary/aromatic N) is 1. The van der Waals surface area contributed by atoms with E-state index in [1.807, 2.05) is 21.0 Å². The van der Waals surface area contributed by atoms with Crippen LogP contribution in [0.4, 0.5) is 5.69 Å². The van der Waals surface area contributed by atoms with Gasteiger partial charge in [-0.1, -0.05) is 12.1 Å². The third-order valence-corrected chi connectivity index (χ3v) is 5.42. The number of rotatable bonds is 8. The van der Waals surface area contributed by atoms with E-state index in [1.165, 1.54) is 17.6 Å². The first-order chi connectivity index (χ1) is 13.2. The second kappa shape index (κ2) is 9.06. The Morgan fingerprint density at radius 1 is 1.18 bits per heavy atom. The van der Waals surface area contributed by atoms with Gasteiger partial charge < -0.3 is 19.5 Å². The average molecular weight is 387 g/mol. The summed E-state index contributed by atoms with van der Waals surface area (Å²) in [7, 11) is 5.38. The number of aromatic nitrogens is 1. The minimum atomic E-state index is -0.418. The smallest absolute Gasteiger partial charge is 0.339 e. The monoisotopic (exact) mass is 386 g/mol. The third kappa shape index (κ3) is 4.44. The summed E-state index contributed by atoms with van der Waals surface area (Å²) in [6.07, 6.45) is 0. The summed E-state index contributed by atoms with van der Waals surface area (Å²) in [6.45, 7) is 9.20. The topological polar surface area (TPSA) is 66.8 Å². The summed E-state index contributed by atoms with van der Waals surface area (Å²) in [5.41, 5.74) is 4.62. The Morgan fingerprint density at radius 2 is 1.79 bits per heavy atom. The molecule has 0 aliphatic rings. The molecule has 1 unspecified atom stereocenters. The number of aryl methyl sites for hydroxylation is 1. The van der Waals surface area contributed by atoms with Gasteiger partial charge in [0.25, 0.3) is 0 Å². The largest absolute Gasteiger partial charge is 0.465 e. The number of H-pyrrole nitrogens is 1. The molecule has 1 heterocycles. The second-order valence-electron chi connectivity index (χ2n) is 7.45. The molecule has 2 N–H and O–H groups in total. The maximum Gasteiger partial charge on any atom is 0.339 e. The molecule has 2 aromatic rings. The molecule has 152 valence electrons. The fourth-order valence-electron chi connectivity index (χ4n) is 3.56. The van der Waals surface area contributed by atoms with Gasteiger partial charge in [0.05, 0.1) is 24.9 Å². The van der Waals surface area contributed by atoms with E-state index in [0.717, 1.165) is 18.8 Å². The lowest BCUT2D eigenvalue weighted by molar-refractivity contribution is -0.925. The summed E-state index contributed by atoms with van der Waals surface area (Å²) in [6, 6.07) is 8.18. The van der Waals surface area contributed by atoms with Crippen molar-refractivity contribution < 1.29 is 19.2 Å². The summed E-state index contributed by atoms with van der Waals surface area (Å²) >= 11 is 0. The van der Waals surface area contributed by atoms with E-state index in [0.29, 0.717) is 22.5 Å². The van der Waals surface area contributed by atoms with E-state index in [2.05, 4.69) is 41.1 Å². The highest BCUT2D eigenvalue weighted by Gasteiger charge is 2.30. The molecule has 0 radical (unpaired) electrons. The number of carbonyl (C=O) groups is 2. The van der Waals surface area contributed by atoms with Gasteiger partial charge in [-0.05, 0) is 45.4 Å². The molecular weight excluding hydrogens is 354 g/mol. The normalized spacial score (nSPS) is 13.1. The third-order valence-electron chi connectivity index (χ3n) is 5.42. The van der Waals surface area contributed by atoms with E-state index in [9.17, 15) is 9.59 Å². The Bertz CT molecular complexity index is 837. The molecule has 0 saturated carbocycles. The van der Waals surface area contributed by atoms with Crippen LogP contribution in [-0.4, -0.2) is 50.5 Å². The van der Waals surface area contributed by atoms with Gasteiger partial charge in [-0.25, -0.2) is 4.79 Å². The van der Waals surface area contributed by atoms with Crippen LogP contribution in [0, 0.1) is 13.8 Å². The highest BCUT2D eigenvalue weighted by molar-refractivity contribution is 6.03. The van der Waals surface area contributed by atoms with Crippen LogP contribution in [0.15, 0.2) is 24.3 Å². The van der Waals surface area contributed by atoms with Crippen LogP contribution in [-0.2, 0) is 11.3 Å². The minimum absolute atomic E-state index is 0.0116. The first-order valence-electron chi connectivity index (χ1n) is 9.63. The Morgan fingerprint density at radius 3 is 2.29 bits per heavy atom. The lowest BCUT2D eigenvalue weighted by Crippen LogP contribution is -3.14. The van der Waals surface area contributed by atoms with Crippen LogP contribution in [0.3, 0.4) is 0 Å². The van der Waals surface area contributed by atoms with Gasteiger partial charge in [0.1, 0.15) is 6.54 Å². The first kappa shape index (κ1) is 21.7. The van der Waals surface area contributed by atoms with E-state index < -0.39 is 5.97 Å². The van der Waals surface area contributed by atoms with Crippen molar-refractivity contribution in [3.63, 3.8) is 0 Å². The van der Waals surface area contributed by atoms with Crippen molar-refractivity contribution in [2.45, 2.75) is 40.3 Å². The number of nitrogens with one attached hydrogen (secondary N) is 2. The number of esters is 1. The Labute approximate surface area is 167 Å². The number of hydrogen-bond acceptors (Lipinski definition) is 4. The van der Waals surface area contributed by atoms with E-state index in [1.54, 1.807) is 13.8 Å². The quantitative estimate of drug-likeness (QED) is 0.539. The van der Waals surface area contributed by atoms with Crippen molar-refractivity contribution in [1.29, 1.82) is 0 Å². The maximum atomic E-state index is 13.2. The van der Waals surface area contributed by atoms with Gasteiger partial charge in [-0.15, -0.1) is 0 Å². The summed E-state index contributed by atoms with van der Waals surface area (Å²) in [5, 5.41) is 0. The molecular formula is C22H32N3O3+. The van der Waals surface area contributed by atoms with Crippen LogP contribution in [0.5, 0.6) is 0 Å². The van der Waals surface area contributed by atoms with Crippen molar-refractivity contribution in [1.82, 2.24) is 4.98 Å². The molecule has 0 bridgehead atoms. The summed E-state index contributed by atoms with van der Waals surface area (Å²) in [5.74, 6) is -0.406. The zero-order chi connectivity index (χ0) is 21.0. The molecule has 2 atom stereocenters. The van der Waals surface area contributed by atoms with E-state index in [-0.39, 0.29) is 11.8 Å². The molecule has 6 nitrogen and oxygen atoms in total. The number of quaternary nitrogens is 1. The summed E-state index contributed by atoms with van der Waals surface area (Å²) < 4.78 is 4.85. The molecule has 0 amide bonds. The zero-order valence-corrected chi connectivity index (χ0v) is 18.0. The molecule has 0 saturated heterocycles. The van der Waals surface area contributed by atoms with Crippen LogP contribution < -0.4 is 9.80 Å². The minimum Gasteiger partial charge on any atom is -0.465 e. The number of benzene rings is 1. The molecule has 1 aromatic heterocycles. The number of ketones is 1. The predicted molar refractivity (Wildman–Crippen MR) is 111 cm³/mol. The highest BCUT2D eigenvalue weighted by Crippen LogP contribution is 2.20. The molecule has 28 heavy (non-hydrogen) atoms. The fourth-order valence-corrected chi connectivity index (χ4v) is 3.56. The number of methoxy groups -OCH3 is 1. The Hall–Kier alpha value is -2.60. The Kier molecular flexibility index (Phi) is 7.02. The maximum absolute atomic E-state index is 13.2. The van der Waals surface area contributed by atoms with Crippen LogP contribution in [0.2, 0.25) is 0 Å². The van der Waals surface area contributed by atoms with Crippen molar-refractivity contribution in [2.24, 2.45) is 0 Å². The highest BCUT2D eigenvalue weighted by atomic mass is 16.5. The zero-order valence-electron chi connectivity index (χ0n) is 18.0. The van der Waals surface area contributed by atoms with Gasteiger partial charge in [-0.2, -0.15) is 0 Å². The molecule has 0 aliphatic heterocycles. The average Bonchev–Trinajstić information content (AvgIpc) is 2.98. The predicted octanol–water partition coefficient (Wildman–Crippen LogP) is 2.16. The number of aromatic amines is 1. The number of likely N-dealkylation sites (N-methyl/N-ethyl adjacent to an activating group) is 1. The van der Waals surface area contributed by atoms with Crippen LogP contribution in [0.25, 0.3) is 0 Å². The van der Waals surface area contributed by atoms with Gasteiger partial charge in [0.2, 0.25) is 5.78 Å². The molecule has 1 aromatic carbocycles. The number of carbonyl (C=O) groups excluding carboxylic acids is 2. The number of Topliss-reactive ketones (excluding diaryl/α,β-unsaturated/α-hetero) is 1. The van der Waals surface area contributed by atoms with Crippen molar-refractivity contribution >= 4 is 17.4 Å². The van der Waals surface area contributed by atoms with Gasteiger partial charge >= 0.3 is 5.97 Å². The van der Waals surface area contributed by atoms with Gasteiger partial charge in [-0.3, -0.25) is 4.79 Å². The van der Waals surface area contributed by atoms with Crippen LogP contribution in [0.1, 0.15) is 51.5 Å². The Balaban J connectivity index is 2.21. The molecule has 0 fully saturated rings. The van der Waals surface area contributed by atoms with E-state index >= 15 is 0 Å². The van der Waals surface area contributed by atoms with Gasteiger partial charge in [0.15, 0.2) is 6.04 Å². The number of anilines is 1. The molecule has 0 aliphatic carbocycles. The van der Waals surface area contributed by atoms with Crippen LogP contribution >= 0.6 is 0 Å². The molecule has 6 heteroatoms. The van der Waals surface area contributed by atoms with E-state index in [4.69, 9.17) is 4.74 Å². The molecule has 0 spiro atoms. The first-order valence-corrected chi connectivity index (χ1v) is 9.63. The SMILES string of the molecule is CC[NH+](Cc1ccc(N(C)C)cc1)[C@H](C)C(=O)c1[nH]c(C)c(C(=O)OC)c1C. The second-order valence-corrected chi connectivity index (χ2v) is 7.45. The molecule has 2 rings (SSSR count). The number of hydrogen-bond donors (Lipinski definition) is 2. The van der Waals surface area contributed by atoms with Gasteiger partial charge in [0, 0.05) is 31.0 Å². The van der Waals surface area contributed by atoms with Crippen molar-refractivity contribution in [3.05, 3.63) is 52.3 Å². The lowest BCUT2D eigenvalue weighted by atomic mass is 10.0. The fraction of sp³-hybridized carbons (Fsp3) is 0.455.